The maximum atomic E-state index is 5.32. The third kappa shape index (κ3) is 9.22. The molecule has 0 spiro atoms. The molecule has 5 nitrogen and oxygen atoms in total. The molecule has 372 valence electrons. The summed E-state index contributed by atoms with van der Waals surface area (Å²) < 4.78 is 2.25. The van der Waals surface area contributed by atoms with Gasteiger partial charge in [-0.3, -0.25) is 4.57 Å². The molecule has 0 bridgehead atoms. The molecule has 2 heterocycles. The van der Waals surface area contributed by atoms with E-state index in [1.165, 1.54) is 50.1 Å². The Morgan fingerprint density at radius 1 is 0.295 bits per heavy atom. The Morgan fingerprint density at radius 2 is 0.731 bits per heavy atom. The Kier molecular flexibility index (Phi) is 12.8. The van der Waals surface area contributed by atoms with Gasteiger partial charge in [-0.1, -0.05) is 208 Å². The van der Waals surface area contributed by atoms with Crippen LogP contribution >= 0.6 is 0 Å². The van der Waals surface area contributed by atoms with Gasteiger partial charge in [-0.05, 0) is 158 Å². The van der Waals surface area contributed by atoms with Crippen LogP contribution in [0.5, 0.6) is 0 Å². The Morgan fingerprint density at radius 3 is 1.32 bits per heavy atom. The number of anilines is 3. The molecule has 0 radical (unpaired) electrons. The SMILES string of the molecule is CCc1ccccc1-c1cc2c3cc(N(c4ccccc4)c4cccc(-c5cccc(-c6cc(-c7ccccc7)cc(-c7ccccc7)c6)c5)c4)ccc3n(-c3nc(-c4ccccc4)nc(-c4ccccc4)n3)c2cc1CC. The number of aryl methyl sites for hydroxylation is 2. The minimum absolute atomic E-state index is 0.567. The van der Waals surface area contributed by atoms with Crippen LogP contribution in [0.4, 0.5) is 17.1 Å². The van der Waals surface area contributed by atoms with Crippen molar-refractivity contribution >= 4 is 38.9 Å². The standard InChI is InChI=1S/C73H55N5/c1-3-50-24-20-21-39-65(50)66-49-68-67-48-64(40-41-69(67)78(70(68)47-51(66)4-2)73-75-71(54-29-14-7-15-30-54)74-72(76-73)55-31-16-8-17-32-55)77(62-36-18-9-19-37-62)63-38-23-35-58(46-63)56-33-22-34-57(42-56)61-44-59(52-25-10-5-11-26-52)43-60(45-61)53-27-12-6-13-28-53/h5-49H,3-4H2,1-2H3. The molecular formula is C73H55N5. The zero-order chi connectivity index (χ0) is 52.4. The molecule has 0 aliphatic carbocycles. The molecule has 78 heavy (non-hydrogen) atoms. The van der Waals surface area contributed by atoms with Crippen LogP contribution in [-0.4, -0.2) is 19.5 Å². The van der Waals surface area contributed by atoms with E-state index in [4.69, 9.17) is 15.0 Å². The van der Waals surface area contributed by atoms with Crippen LogP contribution < -0.4 is 4.90 Å². The molecule has 0 fully saturated rings. The normalized spacial score (nSPS) is 11.3. The molecule has 0 aliphatic heterocycles. The van der Waals surface area contributed by atoms with Crippen LogP contribution in [0.25, 0.3) is 106 Å². The van der Waals surface area contributed by atoms with Crippen LogP contribution in [0.15, 0.2) is 273 Å². The maximum Gasteiger partial charge on any atom is 0.238 e. The Bertz CT molecular complexity index is 4150. The van der Waals surface area contributed by atoms with E-state index in [-0.39, 0.29) is 0 Å². The van der Waals surface area contributed by atoms with Crippen LogP contribution in [-0.2, 0) is 12.8 Å². The molecule has 13 rings (SSSR count). The third-order valence-corrected chi connectivity index (χ3v) is 15.0. The minimum Gasteiger partial charge on any atom is -0.310 e. The molecule has 0 saturated heterocycles. The summed E-state index contributed by atoms with van der Waals surface area (Å²) in [5, 5.41) is 2.22. The Balaban J connectivity index is 0.984. The second-order valence-corrected chi connectivity index (χ2v) is 19.8. The summed E-state index contributed by atoms with van der Waals surface area (Å²) in [5.41, 5.74) is 21.5. The monoisotopic (exact) mass is 1000 g/mol. The summed E-state index contributed by atoms with van der Waals surface area (Å²) in [6.45, 7) is 4.49. The molecule has 0 aliphatic rings. The average molecular weight is 1000 g/mol. The van der Waals surface area contributed by atoms with Gasteiger partial charge in [-0.2, -0.15) is 9.97 Å². The van der Waals surface area contributed by atoms with Crippen molar-refractivity contribution in [3.8, 4) is 84.4 Å². The van der Waals surface area contributed by atoms with Gasteiger partial charge < -0.3 is 4.90 Å². The largest absolute Gasteiger partial charge is 0.310 e. The maximum absolute atomic E-state index is 5.32. The van der Waals surface area contributed by atoms with Gasteiger partial charge in [0.2, 0.25) is 5.95 Å². The molecule has 0 unspecified atom stereocenters. The summed E-state index contributed by atoms with van der Waals surface area (Å²) in [7, 11) is 0. The van der Waals surface area contributed by atoms with Gasteiger partial charge in [-0.15, -0.1) is 0 Å². The fourth-order valence-electron chi connectivity index (χ4n) is 11.1. The van der Waals surface area contributed by atoms with Crippen LogP contribution in [0.3, 0.4) is 0 Å². The zero-order valence-electron chi connectivity index (χ0n) is 43.6. The van der Waals surface area contributed by atoms with E-state index in [1.807, 2.05) is 36.4 Å². The molecule has 0 amide bonds. The van der Waals surface area contributed by atoms with Crippen molar-refractivity contribution in [1.29, 1.82) is 0 Å². The average Bonchev–Trinajstić information content (AvgIpc) is 3.96. The molecule has 0 N–H and O–H groups in total. The second-order valence-electron chi connectivity index (χ2n) is 19.8. The van der Waals surface area contributed by atoms with Crippen molar-refractivity contribution in [2.75, 3.05) is 4.90 Å². The molecular weight excluding hydrogens is 947 g/mol. The summed E-state index contributed by atoms with van der Waals surface area (Å²) in [6, 6.07) is 97.8. The van der Waals surface area contributed by atoms with E-state index in [0.29, 0.717) is 17.6 Å². The topological polar surface area (TPSA) is 46.8 Å². The number of nitrogens with zero attached hydrogens (tertiary/aromatic N) is 5. The predicted molar refractivity (Wildman–Crippen MR) is 326 cm³/mol. The van der Waals surface area contributed by atoms with Gasteiger partial charge in [0.05, 0.1) is 11.0 Å². The van der Waals surface area contributed by atoms with Gasteiger partial charge >= 0.3 is 0 Å². The summed E-state index contributed by atoms with van der Waals surface area (Å²) in [4.78, 5) is 18.1. The van der Waals surface area contributed by atoms with Gasteiger partial charge in [0.1, 0.15) is 0 Å². The number of fused-ring (bicyclic) bond motifs is 3. The lowest BCUT2D eigenvalue weighted by atomic mass is 9.91. The lowest BCUT2D eigenvalue weighted by Crippen LogP contribution is -2.10. The lowest BCUT2D eigenvalue weighted by Gasteiger charge is -2.26. The molecule has 2 aromatic heterocycles. The number of para-hydroxylation sites is 1. The molecule has 0 atom stereocenters. The lowest BCUT2D eigenvalue weighted by molar-refractivity contribution is 0.952. The number of hydrogen-bond donors (Lipinski definition) is 0. The Labute approximate surface area is 456 Å². The van der Waals surface area contributed by atoms with Gasteiger partial charge in [0.25, 0.3) is 0 Å². The summed E-state index contributed by atoms with van der Waals surface area (Å²) >= 11 is 0. The second kappa shape index (κ2) is 21.0. The van der Waals surface area contributed by atoms with Crippen LogP contribution in [0.2, 0.25) is 0 Å². The first-order valence-electron chi connectivity index (χ1n) is 27.0. The number of hydrogen-bond acceptors (Lipinski definition) is 4. The van der Waals surface area contributed by atoms with E-state index in [2.05, 4.69) is 260 Å². The fraction of sp³-hybridized carbons (Fsp3) is 0.0548. The highest BCUT2D eigenvalue weighted by Crippen LogP contribution is 2.44. The van der Waals surface area contributed by atoms with Crippen molar-refractivity contribution < 1.29 is 0 Å². The quantitative estimate of drug-likeness (QED) is 0.115. The van der Waals surface area contributed by atoms with Crippen molar-refractivity contribution in [3.63, 3.8) is 0 Å². The molecule has 0 saturated carbocycles. The van der Waals surface area contributed by atoms with Crippen molar-refractivity contribution in [2.24, 2.45) is 0 Å². The van der Waals surface area contributed by atoms with Crippen molar-refractivity contribution in [2.45, 2.75) is 26.7 Å². The van der Waals surface area contributed by atoms with Crippen molar-refractivity contribution in [3.05, 3.63) is 284 Å². The number of benzene rings is 11. The first kappa shape index (κ1) is 47.7. The first-order chi connectivity index (χ1) is 38.6. The summed E-state index contributed by atoms with van der Waals surface area (Å²) in [5.74, 6) is 1.80. The van der Waals surface area contributed by atoms with E-state index in [0.717, 1.165) is 79.5 Å². The molecule has 13 aromatic rings. The fourth-order valence-corrected chi connectivity index (χ4v) is 11.1. The van der Waals surface area contributed by atoms with Gasteiger partial charge in [0, 0.05) is 39.0 Å². The zero-order valence-corrected chi connectivity index (χ0v) is 43.6. The highest BCUT2D eigenvalue weighted by atomic mass is 15.2. The molecule has 11 aromatic carbocycles. The van der Waals surface area contributed by atoms with E-state index < -0.39 is 0 Å². The van der Waals surface area contributed by atoms with Crippen LogP contribution in [0, 0.1) is 0 Å². The Hall–Kier alpha value is -9.97. The predicted octanol–water partition coefficient (Wildman–Crippen LogP) is 19.2. The van der Waals surface area contributed by atoms with Crippen LogP contribution in [0.1, 0.15) is 25.0 Å². The number of aromatic nitrogens is 4. The van der Waals surface area contributed by atoms with E-state index >= 15 is 0 Å². The van der Waals surface area contributed by atoms with E-state index in [1.54, 1.807) is 0 Å². The third-order valence-electron chi connectivity index (χ3n) is 15.0. The highest BCUT2D eigenvalue weighted by Gasteiger charge is 2.23. The molecule has 5 heteroatoms. The summed E-state index contributed by atoms with van der Waals surface area (Å²) in [6.07, 6.45) is 1.79. The van der Waals surface area contributed by atoms with Gasteiger partial charge in [0.15, 0.2) is 11.6 Å². The van der Waals surface area contributed by atoms with Crippen molar-refractivity contribution in [1.82, 2.24) is 19.5 Å². The first-order valence-corrected chi connectivity index (χ1v) is 27.0. The smallest absolute Gasteiger partial charge is 0.238 e. The van der Waals surface area contributed by atoms with E-state index in [9.17, 15) is 0 Å². The minimum atomic E-state index is 0.567. The number of rotatable bonds is 13. The van der Waals surface area contributed by atoms with Gasteiger partial charge in [-0.25, -0.2) is 4.98 Å². The highest BCUT2D eigenvalue weighted by molar-refractivity contribution is 6.12.